The maximum absolute atomic E-state index is 13.1. The van der Waals surface area contributed by atoms with Crippen molar-refractivity contribution in [1.82, 2.24) is 14.9 Å². The molecule has 0 aliphatic heterocycles. The molecule has 26 heavy (non-hydrogen) atoms. The van der Waals surface area contributed by atoms with Crippen LogP contribution in [0.25, 0.3) is 0 Å². The Morgan fingerprint density at radius 1 is 1.15 bits per heavy atom. The Bertz CT molecular complexity index is 753. The Balaban J connectivity index is 2.24. The highest BCUT2D eigenvalue weighted by atomic mass is 35.5. The van der Waals surface area contributed by atoms with Crippen LogP contribution in [0.3, 0.4) is 0 Å². The number of benzene rings is 1. The van der Waals surface area contributed by atoms with Crippen molar-refractivity contribution in [2.75, 3.05) is 37.8 Å². The maximum atomic E-state index is 13.1. The largest absolute Gasteiger partial charge is 0.433 e. The molecule has 1 aromatic heterocycles. The summed E-state index contributed by atoms with van der Waals surface area (Å²) in [5.41, 5.74) is -0.701. The Morgan fingerprint density at radius 2 is 1.88 bits per heavy atom. The minimum Gasteiger partial charge on any atom is -0.354 e. The van der Waals surface area contributed by atoms with E-state index in [2.05, 4.69) is 20.6 Å². The topological polar surface area (TPSA) is 53.1 Å². The summed E-state index contributed by atoms with van der Waals surface area (Å²) in [6, 6.07) is 5.62. The van der Waals surface area contributed by atoms with Crippen LogP contribution in [-0.2, 0) is 6.18 Å². The summed E-state index contributed by atoms with van der Waals surface area (Å²) in [5, 5.41) is 6.05. The second-order valence-corrected chi connectivity index (χ2v) is 6.55. The number of rotatable bonds is 7. The van der Waals surface area contributed by atoms with E-state index in [-0.39, 0.29) is 21.8 Å². The summed E-state index contributed by atoms with van der Waals surface area (Å²) in [5.74, 6) is -0.147. The minimum absolute atomic E-state index is 0.0356. The van der Waals surface area contributed by atoms with E-state index in [4.69, 9.17) is 23.2 Å². The quantitative estimate of drug-likeness (QED) is 0.638. The molecule has 0 aliphatic rings. The van der Waals surface area contributed by atoms with Crippen molar-refractivity contribution in [3.05, 3.63) is 40.0 Å². The highest BCUT2D eigenvalue weighted by molar-refractivity contribution is 6.43. The van der Waals surface area contributed by atoms with Crippen LogP contribution in [0, 0.1) is 0 Å². The van der Waals surface area contributed by atoms with Crippen LogP contribution in [0.2, 0.25) is 10.0 Å². The van der Waals surface area contributed by atoms with Gasteiger partial charge in [0.05, 0.1) is 15.7 Å². The summed E-state index contributed by atoms with van der Waals surface area (Å²) in [7, 11) is 3.83. The van der Waals surface area contributed by atoms with E-state index in [1.165, 1.54) is 0 Å². The molecule has 2 rings (SSSR count). The number of alkyl halides is 3. The third-order valence-corrected chi connectivity index (χ3v) is 4.12. The predicted molar refractivity (Wildman–Crippen MR) is 98.4 cm³/mol. The van der Waals surface area contributed by atoms with Gasteiger partial charge in [-0.05, 0) is 39.2 Å². The zero-order valence-corrected chi connectivity index (χ0v) is 15.7. The third-order valence-electron chi connectivity index (χ3n) is 3.30. The van der Waals surface area contributed by atoms with Crippen molar-refractivity contribution in [2.24, 2.45) is 0 Å². The van der Waals surface area contributed by atoms with E-state index in [1.807, 2.05) is 19.0 Å². The number of nitrogens with zero attached hydrogens (tertiary/aromatic N) is 3. The van der Waals surface area contributed by atoms with Crippen LogP contribution in [0.5, 0.6) is 0 Å². The zero-order valence-electron chi connectivity index (χ0n) is 14.2. The molecule has 0 unspecified atom stereocenters. The van der Waals surface area contributed by atoms with Crippen molar-refractivity contribution in [1.29, 1.82) is 0 Å². The lowest BCUT2D eigenvalue weighted by Gasteiger charge is -2.14. The molecule has 2 aromatic rings. The van der Waals surface area contributed by atoms with Crippen molar-refractivity contribution in [2.45, 2.75) is 12.6 Å². The molecule has 142 valence electrons. The summed E-state index contributed by atoms with van der Waals surface area (Å²) in [4.78, 5) is 9.60. The third kappa shape index (κ3) is 5.89. The van der Waals surface area contributed by atoms with E-state index in [0.717, 1.165) is 19.0 Å². The fraction of sp³-hybridized carbons (Fsp3) is 0.375. The number of nitrogens with one attached hydrogen (secondary N) is 2. The SMILES string of the molecule is CN(C)CCCNc1nc(Nc2cccc(Cl)c2Cl)cc(C(F)(F)F)n1. The van der Waals surface area contributed by atoms with Gasteiger partial charge >= 0.3 is 6.18 Å². The number of aromatic nitrogens is 2. The highest BCUT2D eigenvalue weighted by Crippen LogP contribution is 2.33. The van der Waals surface area contributed by atoms with Gasteiger partial charge in [-0.15, -0.1) is 0 Å². The van der Waals surface area contributed by atoms with Crippen LogP contribution in [0.15, 0.2) is 24.3 Å². The summed E-state index contributed by atoms with van der Waals surface area (Å²) >= 11 is 12.0. The van der Waals surface area contributed by atoms with Gasteiger partial charge in [0.25, 0.3) is 0 Å². The average Bonchev–Trinajstić information content (AvgIpc) is 2.55. The number of hydrogen-bond acceptors (Lipinski definition) is 5. The molecular formula is C16H18Cl2F3N5. The second-order valence-electron chi connectivity index (χ2n) is 5.77. The van der Waals surface area contributed by atoms with Crippen molar-refractivity contribution in [3.63, 3.8) is 0 Å². The predicted octanol–water partition coefficient (Wildman–Crippen LogP) is 4.91. The minimum atomic E-state index is -4.60. The molecule has 0 amide bonds. The van der Waals surface area contributed by atoms with Crippen molar-refractivity contribution < 1.29 is 13.2 Å². The molecule has 5 nitrogen and oxygen atoms in total. The Kier molecular flexibility index (Phi) is 6.91. The standard InChI is InChI=1S/C16H18Cl2F3N5/c1-26(2)8-4-7-22-15-24-12(16(19,20)21)9-13(25-15)23-11-6-3-5-10(17)14(11)18/h3,5-6,9H,4,7-8H2,1-2H3,(H2,22,23,24,25). The van der Waals surface area contributed by atoms with Gasteiger partial charge in [-0.3, -0.25) is 0 Å². The summed E-state index contributed by atoms with van der Waals surface area (Å²) in [6.45, 7) is 1.23. The summed E-state index contributed by atoms with van der Waals surface area (Å²) in [6.07, 6.45) is -3.87. The zero-order chi connectivity index (χ0) is 19.3. The molecule has 1 heterocycles. The molecule has 0 saturated carbocycles. The molecule has 0 fully saturated rings. The van der Waals surface area contributed by atoms with Gasteiger partial charge in [-0.25, -0.2) is 4.98 Å². The normalized spacial score (nSPS) is 11.7. The molecule has 0 saturated heterocycles. The summed E-state index contributed by atoms with van der Waals surface area (Å²) < 4.78 is 39.4. The molecule has 1 aromatic carbocycles. The van der Waals surface area contributed by atoms with Crippen LogP contribution in [0.1, 0.15) is 12.1 Å². The first-order chi connectivity index (χ1) is 12.2. The molecule has 0 radical (unpaired) electrons. The molecule has 0 atom stereocenters. The van der Waals surface area contributed by atoms with Gasteiger partial charge in [0, 0.05) is 12.6 Å². The fourth-order valence-corrected chi connectivity index (χ4v) is 2.42. The number of anilines is 3. The van der Waals surface area contributed by atoms with Crippen LogP contribution in [0.4, 0.5) is 30.6 Å². The molecule has 0 aliphatic carbocycles. The smallest absolute Gasteiger partial charge is 0.354 e. The van der Waals surface area contributed by atoms with E-state index in [9.17, 15) is 13.2 Å². The highest BCUT2D eigenvalue weighted by Gasteiger charge is 2.33. The van der Waals surface area contributed by atoms with Crippen molar-refractivity contribution >= 4 is 40.7 Å². The average molecular weight is 408 g/mol. The molecular weight excluding hydrogens is 390 g/mol. The lowest BCUT2D eigenvalue weighted by molar-refractivity contribution is -0.141. The van der Waals surface area contributed by atoms with Gasteiger partial charge in [-0.1, -0.05) is 29.3 Å². The Hall–Kier alpha value is -1.77. The van der Waals surface area contributed by atoms with Gasteiger partial charge in [0.2, 0.25) is 5.95 Å². The lowest BCUT2D eigenvalue weighted by atomic mass is 10.3. The van der Waals surface area contributed by atoms with Gasteiger partial charge in [0.1, 0.15) is 5.82 Å². The van der Waals surface area contributed by atoms with E-state index >= 15 is 0 Å². The van der Waals surface area contributed by atoms with Gasteiger partial charge < -0.3 is 15.5 Å². The van der Waals surface area contributed by atoms with E-state index in [1.54, 1.807) is 18.2 Å². The maximum Gasteiger partial charge on any atom is 0.433 e. The van der Waals surface area contributed by atoms with Crippen LogP contribution in [-0.4, -0.2) is 42.1 Å². The fourth-order valence-electron chi connectivity index (χ4n) is 2.07. The van der Waals surface area contributed by atoms with Gasteiger partial charge in [0.15, 0.2) is 5.69 Å². The molecule has 2 N–H and O–H groups in total. The second kappa shape index (κ2) is 8.75. The first kappa shape index (κ1) is 20.5. The lowest BCUT2D eigenvalue weighted by Crippen LogP contribution is -2.18. The Morgan fingerprint density at radius 3 is 2.54 bits per heavy atom. The van der Waals surface area contributed by atoms with Crippen molar-refractivity contribution in [3.8, 4) is 0 Å². The first-order valence-corrected chi connectivity index (χ1v) is 8.48. The van der Waals surface area contributed by atoms with Gasteiger partial charge in [-0.2, -0.15) is 18.2 Å². The number of hydrogen-bond donors (Lipinski definition) is 2. The Labute approximate surface area is 159 Å². The first-order valence-electron chi connectivity index (χ1n) is 7.72. The van der Waals surface area contributed by atoms with E-state index in [0.29, 0.717) is 12.2 Å². The van der Waals surface area contributed by atoms with E-state index < -0.39 is 11.9 Å². The van der Waals surface area contributed by atoms with Crippen LogP contribution < -0.4 is 10.6 Å². The molecule has 0 spiro atoms. The molecule has 10 heteroatoms. The molecule has 0 bridgehead atoms. The van der Waals surface area contributed by atoms with Crippen LogP contribution >= 0.6 is 23.2 Å². The monoisotopic (exact) mass is 407 g/mol. The number of halogens is 5.